The lowest BCUT2D eigenvalue weighted by Gasteiger charge is -2.18. The third kappa shape index (κ3) is 1.46. The largest absolute Gasteiger partial charge is 0.236 e. The molecule has 1 aliphatic rings. The van der Waals surface area contributed by atoms with Crippen molar-refractivity contribution in [3.63, 3.8) is 0 Å². The quantitative estimate of drug-likeness (QED) is 0.483. The first-order chi connectivity index (χ1) is 3.93. The van der Waals surface area contributed by atoms with Gasteiger partial charge in [0.15, 0.2) is 0 Å². The van der Waals surface area contributed by atoms with E-state index in [0.717, 1.165) is 25.9 Å². The molecule has 1 heterocycles. The average Bonchev–Trinajstić information content (AvgIpc) is 1.90. The van der Waals surface area contributed by atoms with E-state index in [9.17, 15) is 0 Å². The second-order valence-electron chi connectivity index (χ2n) is 2.09. The zero-order valence-electron chi connectivity index (χ0n) is 5.22. The smallest absolute Gasteiger partial charge is 0.0928 e. The van der Waals surface area contributed by atoms with Crippen LogP contribution in [-0.2, 0) is 9.78 Å². The zero-order chi connectivity index (χ0) is 5.82. The third-order valence-corrected chi connectivity index (χ3v) is 1.41. The molecule has 8 heavy (non-hydrogen) atoms. The van der Waals surface area contributed by atoms with Crippen molar-refractivity contribution in [1.29, 1.82) is 0 Å². The Morgan fingerprint density at radius 3 is 2.88 bits per heavy atom. The molecule has 0 bridgehead atoms. The Morgan fingerprint density at radius 2 is 2.50 bits per heavy atom. The molecule has 0 radical (unpaired) electrons. The molecule has 1 unspecified atom stereocenters. The van der Waals surface area contributed by atoms with Gasteiger partial charge in [-0.1, -0.05) is 6.92 Å². The van der Waals surface area contributed by atoms with Gasteiger partial charge in [0.25, 0.3) is 0 Å². The van der Waals surface area contributed by atoms with Gasteiger partial charge in [-0.15, -0.1) is 0 Å². The molecule has 1 fully saturated rings. The standard InChI is InChI=1S/C6H12O2/c1-2-6-4-3-5-7-8-6/h6H,2-5H2,1H3. The van der Waals surface area contributed by atoms with Crippen molar-refractivity contribution >= 4 is 0 Å². The van der Waals surface area contributed by atoms with E-state index in [2.05, 4.69) is 6.92 Å². The summed E-state index contributed by atoms with van der Waals surface area (Å²) in [6.45, 7) is 2.88. The summed E-state index contributed by atoms with van der Waals surface area (Å²) >= 11 is 0. The molecule has 1 aliphatic heterocycles. The van der Waals surface area contributed by atoms with Crippen LogP contribution in [0.4, 0.5) is 0 Å². The van der Waals surface area contributed by atoms with E-state index < -0.39 is 0 Å². The molecule has 0 aromatic carbocycles. The van der Waals surface area contributed by atoms with Crippen molar-refractivity contribution in [3.05, 3.63) is 0 Å². The molecule has 0 aliphatic carbocycles. The molecule has 0 saturated carbocycles. The molecule has 48 valence electrons. The van der Waals surface area contributed by atoms with Crippen LogP contribution in [0.5, 0.6) is 0 Å². The first-order valence-electron chi connectivity index (χ1n) is 3.21. The van der Waals surface area contributed by atoms with Crippen LogP contribution >= 0.6 is 0 Å². The highest BCUT2D eigenvalue weighted by Crippen LogP contribution is 2.11. The first kappa shape index (κ1) is 6.05. The Hall–Kier alpha value is -0.0800. The van der Waals surface area contributed by atoms with Crippen LogP contribution in [0.1, 0.15) is 26.2 Å². The fourth-order valence-electron chi connectivity index (χ4n) is 0.835. The molecule has 2 nitrogen and oxygen atoms in total. The topological polar surface area (TPSA) is 18.5 Å². The van der Waals surface area contributed by atoms with Gasteiger partial charge >= 0.3 is 0 Å². The van der Waals surface area contributed by atoms with Gasteiger partial charge in [0.05, 0.1) is 12.7 Å². The van der Waals surface area contributed by atoms with E-state index in [1.165, 1.54) is 0 Å². The van der Waals surface area contributed by atoms with Crippen LogP contribution in [0.3, 0.4) is 0 Å². The van der Waals surface area contributed by atoms with Crippen LogP contribution in [0.2, 0.25) is 0 Å². The van der Waals surface area contributed by atoms with E-state index in [4.69, 9.17) is 9.78 Å². The summed E-state index contributed by atoms with van der Waals surface area (Å²) in [7, 11) is 0. The zero-order valence-corrected chi connectivity index (χ0v) is 5.22. The highest BCUT2D eigenvalue weighted by atomic mass is 17.2. The van der Waals surface area contributed by atoms with Crippen LogP contribution in [-0.4, -0.2) is 12.7 Å². The Morgan fingerprint density at radius 1 is 1.62 bits per heavy atom. The monoisotopic (exact) mass is 116 g/mol. The van der Waals surface area contributed by atoms with Crippen molar-refractivity contribution < 1.29 is 9.78 Å². The summed E-state index contributed by atoms with van der Waals surface area (Å²) in [6.07, 6.45) is 3.75. The van der Waals surface area contributed by atoms with Gasteiger partial charge in [-0.25, -0.2) is 9.78 Å². The van der Waals surface area contributed by atoms with E-state index in [1.807, 2.05) is 0 Å². The van der Waals surface area contributed by atoms with E-state index in [0.29, 0.717) is 6.10 Å². The van der Waals surface area contributed by atoms with Gasteiger partial charge in [-0.3, -0.25) is 0 Å². The highest BCUT2D eigenvalue weighted by Gasteiger charge is 2.11. The van der Waals surface area contributed by atoms with Gasteiger partial charge in [0.2, 0.25) is 0 Å². The Balaban J connectivity index is 2.13. The summed E-state index contributed by atoms with van der Waals surface area (Å²) in [5.74, 6) is 0. The maximum Gasteiger partial charge on any atom is 0.0928 e. The number of hydrogen-bond donors (Lipinski definition) is 0. The van der Waals surface area contributed by atoms with E-state index >= 15 is 0 Å². The van der Waals surface area contributed by atoms with Crippen molar-refractivity contribution in [3.8, 4) is 0 Å². The van der Waals surface area contributed by atoms with Crippen LogP contribution < -0.4 is 0 Å². The minimum absolute atomic E-state index is 0.365. The minimum Gasteiger partial charge on any atom is -0.236 e. The van der Waals surface area contributed by atoms with Gasteiger partial charge in [-0.05, 0) is 19.3 Å². The molecule has 1 atom stereocenters. The normalized spacial score (nSPS) is 30.4. The molecular formula is C6H12O2. The molecule has 1 rings (SSSR count). The second-order valence-corrected chi connectivity index (χ2v) is 2.09. The second kappa shape index (κ2) is 3.05. The summed E-state index contributed by atoms with van der Waals surface area (Å²) in [6, 6.07) is 0. The highest BCUT2D eigenvalue weighted by molar-refractivity contribution is 4.54. The van der Waals surface area contributed by atoms with E-state index in [1.54, 1.807) is 0 Å². The average molecular weight is 116 g/mol. The SMILES string of the molecule is CCC1CCCOO1. The maximum absolute atomic E-state index is 4.93. The Kier molecular flexibility index (Phi) is 2.30. The third-order valence-electron chi connectivity index (χ3n) is 1.41. The van der Waals surface area contributed by atoms with Gasteiger partial charge < -0.3 is 0 Å². The molecule has 1 saturated heterocycles. The van der Waals surface area contributed by atoms with Crippen molar-refractivity contribution in [2.24, 2.45) is 0 Å². The fraction of sp³-hybridized carbons (Fsp3) is 1.00. The fourth-order valence-corrected chi connectivity index (χ4v) is 0.835. The lowest BCUT2D eigenvalue weighted by Crippen LogP contribution is -2.18. The molecule has 0 amide bonds. The predicted molar refractivity (Wildman–Crippen MR) is 30.3 cm³/mol. The summed E-state index contributed by atoms with van der Waals surface area (Å²) in [5.41, 5.74) is 0. The van der Waals surface area contributed by atoms with Crippen molar-refractivity contribution in [1.82, 2.24) is 0 Å². The molecule has 0 aromatic rings. The van der Waals surface area contributed by atoms with Gasteiger partial charge in [0.1, 0.15) is 0 Å². The first-order valence-corrected chi connectivity index (χ1v) is 3.21. The molecule has 0 N–H and O–H groups in total. The number of rotatable bonds is 1. The van der Waals surface area contributed by atoms with Gasteiger partial charge in [-0.2, -0.15) is 0 Å². The molecule has 2 heteroatoms. The lowest BCUT2D eigenvalue weighted by molar-refractivity contribution is -0.344. The lowest BCUT2D eigenvalue weighted by atomic mass is 10.1. The summed E-state index contributed by atoms with van der Waals surface area (Å²) in [4.78, 5) is 9.70. The summed E-state index contributed by atoms with van der Waals surface area (Å²) in [5, 5.41) is 0. The molecule has 0 aromatic heterocycles. The van der Waals surface area contributed by atoms with Gasteiger partial charge in [0, 0.05) is 0 Å². The minimum atomic E-state index is 0.365. The summed E-state index contributed by atoms with van der Waals surface area (Å²) < 4.78 is 0. The molecular weight excluding hydrogens is 104 g/mol. The van der Waals surface area contributed by atoms with Crippen LogP contribution in [0.15, 0.2) is 0 Å². The van der Waals surface area contributed by atoms with E-state index in [-0.39, 0.29) is 0 Å². The Labute approximate surface area is 49.7 Å². The van der Waals surface area contributed by atoms with Crippen molar-refractivity contribution in [2.75, 3.05) is 6.61 Å². The van der Waals surface area contributed by atoms with Crippen LogP contribution in [0, 0.1) is 0 Å². The maximum atomic E-state index is 4.93. The van der Waals surface area contributed by atoms with Crippen LogP contribution in [0.25, 0.3) is 0 Å². The Bertz CT molecular complexity index is 57.5. The van der Waals surface area contributed by atoms with Crippen molar-refractivity contribution in [2.45, 2.75) is 32.3 Å². The molecule has 0 spiro atoms. The number of hydrogen-bond acceptors (Lipinski definition) is 2. The predicted octanol–water partition coefficient (Wildman–Crippen LogP) is 1.51.